The Morgan fingerprint density at radius 3 is 2.28 bits per heavy atom. The van der Waals surface area contributed by atoms with E-state index in [0.29, 0.717) is 5.92 Å². The molecule has 224 valence electrons. The summed E-state index contributed by atoms with van der Waals surface area (Å²) in [7, 11) is 0. The Morgan fingerprint density at radius 2 is 1.36 bits per heavy atom. The molecule has 2 nitrogen and oxygen atoms in total. The van der Waals surface area contributed by atoms with Gasteiger partial charge in [0.15, 0.2) is 0 Å². The first kappa shape index (κ1) is 26.6. The van der Waals surface area contributed by atoms with E-state index in [4.69, 9.17) is 0 Å². The average Bonchev–Trinajstić information content (AvgIpc) is 3.42. The summed E-state index contributed by atoms with van der Waals surface area (Å²) in [6.07, 6.45) is 15.1. The van der Waals surface area contributed by atoms with E-state index < -0.39 is 0 Å². The summed E-state index contributed by atoms with van der Waals surface area (Å²) in [4.78, 5) is 2.60. The van der Waals surface area contributed by atoms with Crippen LogP contribution in [0.5, 0.6) is 0 Å². The van der Waals surface area contributed by atoms with E-state index in [1.807, 2.05) is 0 Å². The number of aromatic nitrogens is 1. The Hall–Kier alpha value is -5.60. The van der Waals surface area contributed by atoms with E-state index >= 15 is 0 Å². The zero-order valence-electron chi connectivity index (χ0n) is 26.2. The van der Waals surface area contributed by atoms with Crippen molar-refractivity contribution in [3.05, 3.63) is 156 Å². The number of hydrogen-bond donors (Lipinski definition) is 0. The van der Waals surface area contributed by atoms with Crippen molar-refractivity contribution in [1.82, 2.24) is 4.57 Å². The minimum absolute atomic E-state index is 0.462. The SMILES string of the molecule is C1=CC2CC(=C1)c1cc(-c3ccc4c(c3)c3c(n4-c4ccccc4)=CCCC=3)ccc1N(c1cc3ccccc3c3ccccc13)C2. The second kappa shape index (κ2) is 10.5. The van der Waals surface area contributed by atoms with Gasteiger partial charge in [-0.25, -0.2) is 0 Å². The highest BCUT2D eigenvalue weighted by Gasteiger charge is 2.28. The molecule has 3 aliphatic rings. The number of rotatable bonds is 3. The summed E-state index contributed by atoms with van der Waals surface area (Å²) in [6.45, 7) is 0.958. The normalized spacial score (nSPS) is 16.7. The van der Waals surface area contributed by atoms with Gasteiger partial charge in [0.1, 0.15) is 0 Å². The minimum Gasteiger partial charge on any atom is -0.340 e. The summed E-state index contributed by atoms with van der Waals surface area (Å²) >= 11 is 0. The molecule has 2 heteroatoms. The van der Waals surface area contributed by atoms with Crippen LogP contribution in [0.3, 0.4) is 0 Å². The van der Waals surface area contributed by atoms with Crippen molar-refractivity contribution in [2.45, 2.75) is 19.3 Å². The second-order valence-electron chi connectivity index (χ2n) is 13.2. The Kier molecular flexibility index (Phi) is 5.93. The zero-order chi connectivity index (χ0) is 30.9. The molecular formula is C45H34N2. The molecule has 2 aliphatic carbocycles. The van der Waals surface area contributed by atoms with E-state index in [1.54, 1.807) is 0 Å². The standard InChI is InChI=1S/C45H34N2/c1-2-14-35(15-3-1)47-43-20-9-8-19-39(43)41-27-32(22-24-44(41)47)31-21-23-42-40(26-31)33-13-10-11-30(25-33)29-46(42)45-28-34-12-4-5-16-36(34)37-17-6-7-18-38(37)45/h1-7,10-24,26-28,30H,8-9,25,29H2. The van der Waals surface area contributed by atoms with Gasteiger partial charge >= 0.3 is 0 Å². The fraction of sp³-hybridized carbons (Fsp3) is 0.111. The lowest BCUT2D eigenvalue weighted by Crippen LogP contribution is -2.30. The van der Waals surface area contributed by atoms with Crippen LogP contribution < -0.4 is 15.5 Å². The lowest BCUT2D eigenvalue weighted by atomic mass is 9.89. The number of nitrogens with zero attached hydrogens (tertiary/aromatic N) is 2. The van der Waals surface area contributed by atoms with Crippen LogP contribution in [-0.4, -0.2) is 11.1 Å². The fourth-order valence-corrected chi connectivity index (χ4v) is 8.33. The van der Waals surface area contributed by atoms with Crippen molar-refractivity contribution >= 4 is 61.5 Å². The number of para-hydroxylation sites is 1. The van der Waals surface area contributed by atoms with Crippen LogP contribution in [0.25, 0.3) is 67.0 Å². The van der Waals surface area contributed by atoms with Gasteiger partial charge in [0.25, 0.3) is 0 Å². The van der Waals surface area contributed by atoms with Crippen LogP contribution in [0.15, 0.2) is 140 Å². The molecule has 6 aromatic carbocycles. The molecule has 2 heterocycles. The van der Waals surface area contributed by atoms with E-state index in [0.717, 1.165) is 25.8 Å². The fourth-order valence-electron chi connectivity index (χ4n) is 8.33. The Balaban J connectivity index is 1.16. The first-order valence-electron chi connectivity index (χ1n) is 16.9. The molecule has 7 aromatic rings. The predicted molar refractivity (Wildman–Crippen MR) is 200 cm³/mol. The van der Waals surface area contributed by atoms with E-state index in [9.17, 15) is 0 Å². The molecule has 0 saturated heterocycles. The summed E-state index contributed by atoms with van der Waals surface area (Å²) < 4.78 is 2.44. The molecule has 10 rings (SSSR count). The highest BCUT2D eigenvalue weighted by Crippen LogP contribution is 2.46. The van der Waals surface area contributed by atoms with Gasteiger partial charge in [0.2, 0.25) is 0 Å². The minimum atomic E-state index is 0.462. The maximum absolute atomic E-state index is 2.60. The van der Waals surface area contributed by atoms with Gasteiger partial charge in [0, 0.05) is 50.5 Å². The highest BCUT2D eigenvalue weighted by molar-refractivity contribution is 6.14. The molecule has 0 fully saturated rings. The molecule has 0 radical (unpaired) electrons. The Morgan fingerprint density at radius 1 is 0.596 bits per heavy atom. The molecule has 1 unspecified atom stereocenters. The quantitative estimate of drug-likeness (QED) is 0.183. The van der Waals surface area contributed by atoms with Crippen LogP contribution in [-0.2, 0) is 0 Å². The van der Waals surface area contributed by atoms with Gasteiger partial charge in [0.05, 0.1) is 5.52 Å². The number of hydrogen-bond acceptors (Lipinski definition) is 1. The van der Waals surface area contributed by atoms with Gasteiger partial charge in [-0.1, -0.05) is 109 Å². The molecule has 0 saturated carbocycles. The lowest BCUT2D eigenvalue weighted by molar-refractivity contribution is 0.677. The Bertz CT molecular complexity index is 2580. The molecule has 2 bridgehead atoms. The van der Waals surface area contributed by atoms with E-state index in [2.05, 4.69) is 161 Å². The third-order valence-corrected chi connectivity index (χ3v) is 10.5. The van der Waals surface area contributed by atoms with Crippen LogP contribution in [0.4, 0.5) is 11.4 Å². The van der Waals surface area contributed by atoms with Crippen molar-refractivity contribution in [3.63, 3.8) is 0 Å². The molecule has 1 aromatic heterocycles. The van der Waals surface area contributed by atoms with Crippen LogP contribution in [0.2, 0.25) is 0 Å². The third kappa shape index (κ3) is 4.18. The zero-order valence-corrected chi connectivity index (χ0v) is 26.2. The van der Waals surface area contributed by atoms with Crippen LogP contribution in [0.1, 0.15) is 24.8 Å². The second-order valence-corrected chi connectivity index (χ2v) is 13.2. The first-order valence-corrected chi connectivity index (χ1v) is 16.9. The topological polar surface area (TPSA) is 8.17 Å². The van der Waals surface area contributed by atoms with Gasteiger partial charge in [-0.2, -0.15) is 0 Å². The largest absolute Gasteiger partial charge is 0.340 e. The Labute approximate surface area is 274 Å². The maximum Gasteiger partial charge on any atom is 0.0541 e. The molecule has 0 spiro atoms. The smallest absolute Gasteiger partial charge is 0.0541 e. The van der Waals surface area contributed by atoms with Crippen molar-refractivity contribution in [2.75, 3.05) is 11.4 Å². The summed E-state index contributed by atoms with van der Waals surface area (Å²) in [5.74, 6) is 0.462. The van der Waals surface area contributed by atoms with E-state index in [-0.39, 0.29) is 0 Å². The molecule has 1 atom stereocenters. The van der Waals surface area contributed by atoms with Gasteiger partial charge in [-0.15, -0.1) is 0 Å². The van der Waals surface area contributed by atoms with Crippen molar-refractivity contribution < 1.29 is 0 Å². The molecule has 47 heavy (non-hydrogen) atoms. The van der Waals surface area contributed by atoms with E-state index in [1.165, 1.54) is 82.3 Å². The number of benzene rings is 6. The van der Waals surface area contributed by atoms with Crippen LogP contribution in [0, 0.1) is 5.92 Å². The maximum atomic E-state index is 2.60. The van der Waals surface area contributed by atoms with Gasteiger partial charge in [-0.3, -0.25) is 0 Å². The van der Waals surface area contributed by atoms with Gasteiger partial charge in [-0.05, 0) is 101 Å². The molecule has 0 N–H and O–H groups in total. The van der Waals surface area contributed by atoms with Gasteiger partial charge < -0.3 is 9.47 Å². The summed E-state index contributed by atoms with van der Waals surface area (Å²) in [5.41, 5.74) is 10.4. The van der Waals surface area contributed by atoms with Crippen molar-refractivity contribution in [2.24, 2.45) is 5.92 Å². The number of anilines is 2. The van der Waals surface area contributed by atoms with Crippen molar-refractivity contribution in [1.29, 1.82) is 0 Å². The number of allylic oxidation sites excluding steroid dienone is 3. The highest BCUT2D eigenvalue weighted by atomic mass is 15.1. The molecule has 1 aliphatic heterocycles. The summed E-state index contributed by atoms with van der Waals surface area (Å²) in [6, 6.07) is 45.2. The third-order valence-electron chi connectivity index (χ3n) is 10.5. The average molecular weight is 603 g/mol. The monoisotopic (exact) mass is 602 g/mol. The predicted octanol–water partition coefficient (Wildman–Crippen LogP) is 10.1. The van der Waals surface area contributed by atoms with Crippen molar-refractivity contribution in [3.8, 4) is 16.8 Å². The lowest BCUT2D eigenvalue weighted by Gasteiger charge is -2.29. The first-order chi connectivity index (χ1) is 23.3. The molecular weight excluding hydrogens is 569 g/mol. The molecule has 0 amide bonds. The van der Waals surface area contributed by atoms with Crippen LogP contribution >= 0.6 is 0 Å². The number of fused-ring (bicyclic) bond motifs is 10. The summed E-state index contributed by atoms with van der Waals surface area (Å²) in [5, 5.41) is 9.23.